The molecule has 0 radical (unpaired) electrons. The van der Waals surface area contributed by atoms with Crippen molar-refractivity contribution < 1.29 is 33.3 Å². The van der Waals surface area contributed by atoms with Gasteiger partial charge in [-0.1, -0.05) is 48.2 Å². The number of esters is 2. The van der Waals surface area contributed by atoms with Crippen molar-refractivity contribution in [1.29, 1.82) is 0 Å². The molecule has 4 atom stereocenters. The number of ether oxygens (including phenoxy) is 3. The topological polar surface area (TPSA) is 151 Å². The summed E-state index contributed by atoms with van der Waals surface area (Å²) < 4.78 is 34.6. The Balaban J connectivity index is 1.52. The number of carbonyl (C=O) groups is 2. The SMILES string of the molecule is CSc1nc(N)c2ncc([C@]3(O)O[C@H](COC(=O)c4ccccc4)[C@@H](OC(=O)c4ccccc4)[C@@]3(C)F)n2n1. The van der Waals surface area contributed by atoms with Crippen LogP contribution in [0.3, 0.4) is 0 Å². The van der Waals surface area contributed by atoms with Crippen molar-refractivity contribution >= 4 is 35.2 Å². The van der Waals surface area contributed by atoms with E-state index in [2.05, 4.69) is 15.1 Å². The number of imidazole rings is 1. The average Bonchev–Trinajstić information content (AvgIpc) is 3.46. The van der Waals surface area contributed by atoms with Crippen molar-refractivity contribution in [2.75, 3.05) is 18.6 Å². The van der Waals surface area contributed by atoms with Gasteiger partial charge >= 0.3 is 11.9 Å². The molecule has 1 saturated heterocycles. The molecule has 0 saturated carbocycles. The van der Waals surface area contributed by atoms with Crippen molar-refractivity contribution in [3.05, 3.63) is 83.7 Å². The number of aliphatic hydroxyl groups is 1. The number of benzene rings is 2. The molecule has 1 fully saturated rings. The van der Waals surface area contributed by atoms with E-state index in [-0.39, 0.29) is 33.4 Å². The Bertz CT molecular complexity index is 1520. The fourth-order valence-electron chi connectivity index (χ4n) is 4.33. The van der Waals surface area contributed by atoms with Crippen LogP contribution in [0.4, 0.5) is 10.2 Å². The van der Waals surface area contributed by atoms with Crippen LogP contribution in [-0.4, -0.2) is 67.4 Å². The van der Waals surface area contributed by atoms with Gasteiger partial charge in [-0.25, -0.2) is 28.5 Å². The van der Waals surface area contributed by atoms with Crippen LogP contribution in [0, 0.1) is 0 Å². The summed E-state index contributed by atoms with van der Waals surface area (Å²) in [6, 6.07) is 16.1. The van der Waals surface area contributed by atoms with Gasteiger partial charge in [0.15, 0.2) is 17.6 Å². The molecule has 0 unspecified atom stereocenters. The lowest BCUT2D eigenvalue weighted by Gasteiger charge is -2.32. The third-order valence-corrected chi connectivity index (χ3v) is 6.92. The van der Waals surface area contributed by atoms with Gasteiger partial charge in [0, 0.05) is 0 Å². The Labute approximate surface area is 226 Å². The molecular formula is C26H24FN5O6S. The Hall–Kier alpha value is -4.07. The fourth-order valence-corrected chi connectivity index (χ4v) is 4.68. The van der Waals surface area contributed by atoms with Crippen LogP contribution in [0.5, 0.6) is 0 Å². The van der Waals surface area contributed by atoms with E-state index in [1.54, 1.807) is 54.8 Å². The lowest BCUT2D eigenvalue weighted by Crippen LogP contribution is -2.51. The fraction of sp³-hybridized carbons (Fsp3) is 0.269. The van der Waals surface area contributed by atoms with Crippen molar-refractivity contribution in [2.24, 2.45) is 0 Å². The molecule has 39 heavy (non-hydrogen) atoms. The summed E-state index contributed by atoms with van der Waals surface area (Å²) >= 11 is 1.17. The molecule has 3 heterocycles. The monoisotopic (exact) mass is 553 g/mol. The first-order valence-electron chi connectivity index (χ1n) is 11.8. The highest BCUT2D eigenvalue weighted by atomic mass is 32.2. The quantitative estimate of drug-likeness (QED) is 0.257. The number of carbonyl (C=O) groups excluding carboxylic acids is 2. The Kier molecular flexibility index (Phi) is 6.97. The highest BCUT2D eigenvalue weighted by Crippen LogP contribution is 2.49. The average molecular weight is 554 g/mol. The molecule has 3 N–H and O–H groups in total. The maximum absolute atomic E-state index is 16.8. The molecule has 13 heteroatoms. The number of fused-ring (bicyclic) bond motifs is 1. The first kappa shape index (κ1) is 26.5. The minimum Gasteiger partial charge on any atom is -0.459 e. The van der Waals surface area contributed by atoms with Gasteiger partial charge in [0.1, 0.15) is 18.4 Å². The molecule has 2 aromatic heterocycles. The zero-order valence-corrected chi connectivity index (χ0v) is 21.7. The van der Waals surface area contributed by atoms with Crippen molar-refractivity contribution in [2.45, 2.75) is 35.7 Å². The Morgan fingerprint density at radius 2 is 1.74 bits per heavy atom. The highest BCUT2D eigenvalue weighted by molar-refractivity contribution is 7.98. The standard InChI is InChI=1S/C26H24FN5O6S/c1-25(27)19(37-23(34)16-11-7-4-8-12-16)17(14-36-22(33)15-9-5-3-6-10-15)38-26(25,35)18-13-29-21-20(28)30-24(39-2)31-32(18)21/h3-13,17,19,35H,14H2,1-2H3,(H2,28,30,31)/t17-,19-,25-,26+/m1/s1. The summed E-state index contributed by atoms with van der Waals surface area (Å²) in [7, 11) is 0. The van der Waals surface area contributed by atoms with E-state index in [1.165, 1.54) is 23.9 Å². The molecule has 1 aliphatic heterocycles. The summed E-state index contributed by atoms with van der Waals surface area (Å²) in [6.07, 6.45) is -0.247. The first-order valence-corrected chi connectivity index (χ1v) is 13.0. The normalized spacial score (nSPS) is 24.5. The second kappa shape index (κ2) is 10.2. The molecule has 2 aromatic carbocycles. The van der Waals surface area contributed by atoms with Crippen molar-refractivity contribution in [3.63, 3.8) is 0 Å². The Morgan fingerprint density at radius 3 is 2.36 bits per heavy atom. The summed E-state index contributed by atoms with van der Waals surface area (Å²) in [5.41, 5.74) is 3.47. The van der Waals surface area contributed by atoms with Gasteiger partial charge in [0.05, 0.1) is 17.3 Å². The van der Waals surface area contributed by atoms with Crippen molar-refractivity contribution in [1.82, 2.24) is 19.6 Å². The number of nitrogens with two attached hydrogens (primary N) is 1. The molecule has 0 bridgehead atoms. The number of thioether (sulfide) groups is 1. The zero-order valence-electron chi connectivity index (χ0n) is 20.9. The van der Waals surface area contributed by atoms with Crippen LogP contribution in [0.1, 0.15) is 33.3 Å². The van der Waals surface area contributed by atoms with Crippen LogP contribution >= 0.6 is 11.8 Å². The van der Waals surface area contributed by atoms with Crippen LogP contribution in [0.2, 0.25) is 0 Å². The second-order valence-corrected chi connectivity index (χ2v) is 9.67. The number of aromatic nitrogens is 4. The smallest absolute Gasteiger partial charge is 0.338 e. The summed E-state index contributed by atoms with van der Waals surface area (Å²) in [5, 5.41) is 16.2. The molecule has 1 aliphatic rings. The number of halogens is 1. The Morgan fingerprint density at radius 1 is 1.13 bits per heavy atom. The molecule has 5 rings (SSSR count). The predicted octanol–water partition coefficient (Wildman–Crippen LogP) is 2.78. The third kappa shape index (κ3) is 4.68. The van der Waals surface area contributed by atoms with Crippen LogP contribution in [0.25, 0.3) is 5.65 Å². The van der Waals surface area contributed by atoms with Gasteiger partial charge in [-0.3, -0.25) is 0 Å². The van der Waals surface area contributed by atoms with E-state index in [4.69, 9.17) is 19.9 Å². The van der Waals surface area contributed by atoms with Gasteiger partial charge in [0.25, 0.3) is 5.79 Å². The van der Waals surface area contributed by atoms with E-state index in [1.807, 2.05) is 0 Å². The highest BCUT2D eigenvalue weighted by Gasteiger charge is 2.68. The maximum atomic E-state index is 16.8. The first-order chi connectivity index (χ1) is 18.7. The van der Waals surface area contributed by atoms with Crippen LogP contribution in [0.15, 0.2) is 72.0 Å². The van der Waals surface area contributed by atoms with Crippen molar-refractivity contribution in [3.8, 4) is 0 Å². The van der Waals surface area contributed by atoms with Gasteiger partial charge in [-0.2, -0.15) is 0 Å². The number of rotatable bonds is 7. The number of alkyl halides is 1. The number of hydrogen-bond donors (Lipinski definition) is 2. The molecule has 0 aliphatic carbocycles. The summed E-state index contributed by atoms with van der Waals surface area (Å²) in [6.45, 7) is 0.487. The van der Waals surface area contributed by atoms with E-state index in [0.717, 1.165) is 17.6 Å². The number of hydrogen-bond acceptors (Lipinski definition) is 11. The minimum atomic E-state index is -2.77. The van der Waals surface area contributed by atoms with E-state index >= 15 is 4.39 Å². The lowest BCUT2D eigenvalue weighted by atomic mass is 9.89. The van der Waals surface area contributed by atoms with E-state index < -0.39 is 42.2 Å². The van der Waals surface area contributed by atoms with Crippen LogP contribution < -0.4 is 5.73 Å². The molecule has 4 aromatic rings. The van der Waals surface area contributed by atoms with Crippen LogP contribution in [-0.2, 0) is 20.0 Å². The summed E-state index contributed by atoms with van der Waals surface area (Å²) in [5.74, 6) is -4.30. The molecular weight excluding hydrogens is 529 g/mol. The lowest BCUT2D eigenvalue weighted by molar-refractivity contribution is -0.256. The van der Waals surface area contributed by atoms with Gasteiger partial charge in [-0.15, -0.1) is 5.10 Å². The molecule has 0 spiro atoms. The van der Waals surface area contributed by atoms with E-state index in [9.17, 15) is 14.7 Å². The third-order valence-electron chi connectivity index (χ3n) is 6.39. The second-order valence-electron chi connectivity index (χ2n) is 8.89. The number of nitrogens with zero attached hydrogens (tertiary/aromatic N) is 4. The molecule has 11 nitrogen and oxygen atoms in total. The summed E-state index contributed by atoms with van der Waals surface area (Å²) in [4.78, 5) is 33.8. The molecule has 202 valence electrons. The van der Waals surface area contributed by atoms with Gasteiger partial charge in [0.2, 0.25) is 10.8 Å². The zero-order chi connectivity index (χ0) is 27.8. The number of anilines is 1. The van der Waals surface area contributed by atoms with Gasteiger partial charge in [-0.05, 0) is 37.4 Å². The minimum absolute atomic E-state index is 0.00292. The largest absolute Gasteiger partial charge is 0.459 e. The van der Waals surface area contributed by atoms with Gasteiger partial charge < -0.3 is 25.1 Å². The predicted molar refractivity (Wildman–Crippen MR) is 138 cm³/mol. The van der Waals surface area contributed by atoms with E-state index in [0.29, 0.717) is 0 Å². The molecule has 0 amide bonds. The number of nitrogen functional groups attached to an aromatic ring is 1. The maximum Gasteiger partial charge on any atom is 0.338 e.